The number of aryl methyl sites for hydroxylation is 1. The minimum absolute atomic E-state index is 0.0420. The fourth-order valence-corrected chi connectivity index (χ4v) is 12.2. The maximum atomic E-state index is 6.80. The molecule has 26 heavy (non-hydrogen) atoms. The van der Waals surface area contributed by atoms with Crippen LogP contribution >= 0.6 is 66.5 Å². The molecule has 0 amide bonds. The monoisotopic (exact) mass is 526 g/mol. The molecule has 1 aromatic carbocycles. The molecule has 0 radical (unpaired) electrons. The molecule has 150 valence electrons. The van der Waals surface area contributed by atoms with Gasteiger partial charge in [-0.05, 0) is 48.8 Å². The highest BCUT2D eigenvalue weighted by atomic mass is 35.7. The number of rotatable bonds is 7. The van der Waals surface area contributed by atoms with Crippen LogP contribution in [-0.2, 0) is 5.41 Å². The van der Waals surface area contributed by atoms with Crippen molar-refractivity contribution in [2.45, 2.75) is 69.4 Å². The zero-order valence-electron chi connectivity index (χ0n) is 16.3. The molecule has 0 saturated heterocycles. The van der Waals surface area contributed by atoms with Crippen LogP contribution in [-0.4, -0.2) is 20.1 Å². The van der Waals surface area contributed by atoms with E-state index in [2.05, 4.69) is 52.0 Å². The van der Waals surface area contributed by atoms with Crippen molar-refractivity contribution < 1.29 is 0 Å². The molecule has 0 heterocycles. The van der Waals surface area contributed by atoms with Crippen molar-refractivity contribution in [2.75, 3.05) is 0 Å². The van der Waals surface area contributed by atoms with Gasteiger partial charge in [0, 0.05) is 5.41 Å². The van der Waals surface area contributed by atoms with Crippen LogP contribution in [0.15, 0.2) is 24.3 Å². The van der Waals surface area contributed by atoms with E-state index in [1.807, 2.05) is 19.6 Å². The first-order chi connectivity index (χ1) is 11.5. The maximum Gasteiger partial charge on any atom is 0.251 e. The highest BCUT2D eigenvalue weighted by molar-refractivity contribution is 7.47. The van der Waals surface area contributed by atoms with E-state index in [4.69, 9.17) is 66.5 Å². The van der Waals surface area contributed by atoms with E-state index in [1.54, 1.807) is 0 Å². The van der Waals surface area contributed by atoms with Gasteiger partial charge < -0.3 is 0 Å². The Bertz CT molecular complexity index is 551. The van der Waals surface area contributed by atoms with Crippen LogP contribution in [0.1, 0.15) is 31.9 Å². The van der Waals surface area contributed by atoms with Crippen molar-refractivity contribution in [3.05, 3.63) is 35.4 Å². The van der Waals surface area contributed by atoms with Gasteiger partial charge in [0.2, 0.25) is 0 Å². The highest BCUT2D eigenvalue weighted by Gasteiger charge is 2.61. The molecule has 1 aromatic rings. The number of hydrogen-bond donors (Lipinski definition) is 0. The van der Waals surface area contributed by atoms with Crippen LogP contribution in [0.2, 0.25) is 36.3 Å². The van der Waals surface area contributed by atoms with Crippen molar-refractivity contribution >= 4 is 86.6 Å². The minimum Gasteiger partial charge on any atom is -0.146 e. The summed E-state index contributed by atoms with van der Waals surface area (Å²) >= 11 is 40.8. The van der Waals surface area contributed by atoms with Gasteiger partial charge >= 0.3 is 0 Å². The zero-order valence-corrected chi connectivity index (χ0v) is 23.8. The Labute approximate surface area is 190 Å². The van der Waals surface area contributed by atoms with Crippen LogP contribution in [0.25, 0.3) is 0 Å². The Morgan fingerprint density at radius 3 is 1.15 bits per heavy atom. The molecule has 0 spiro atoms. The lowest BCUT2D eigenvalue weighted by Gasteiger charge is -2.54. The number of halogens is 6. The Morgan fingerprint density at radius 1 is 0.654 bits per heavy atom. The van der Waals surface area contributed by atoms with Crippen LogP contribution in [0.5, 0.6) is 0 Å². The fourth-order valence-electron chi connectivity index (χ4n) is 3.98. The van der Waals surface area contributed by atoms with E-state index in [0.717, 1.165) is 5.56 Å². The van der Waals surface area contributed by atoms with Crippen LogP contribution < -0.4 is 0 Å². The Balaban J connectivity index is 3.93. The van der Waals surface area contributed by atoms with Crippen molar-refractivity contribution in [3.63, 3.8) is 0 Å². The molecule has 0 aliphatic carbocycles. The van der Waals surface area contributed by atoms with Crippen molar-refractivity contribution in [3.8, 4) is 0 Å². The van der Waals surface area contributed by atoms with Gasteiger partial charge in [0.05, 0.1) is 0 Å². The summed E-state index contributed by atoms with van der Waals surface area (Å²) in [6.07, 6.45) is 0. The third-order valence-corrected chi connectivity index (χ3v) is 17.9. The molecule has 9 heteroatoms. The normalized spacial score (nSPS) is 19.6. The summed E-state index contributed by atoms with van der Waals surface area (Å²) in [5.74, 6) is 0. The largest absolute Gasteiger partial charge is 0.251 e. The van der Waals surface area contributed by atoms with E-state index in [-0.39, 0.29) is 16.6 Å². The van der Waals surface area contributed by atoms with E-state index in [0.29, 0.717) is 0 Å². The van der Waals surface area contributed by atoms with Gasteiger partial charge in [-0.15, -0.1) is 66.5 Å². The second kappa shape index (κ2) is 8.77. The molecular weight excluding hydrogens is 501 g/mol. The highest BCUT2D eigenvalue weighted by Crippen LogP contribution is 2.64. The third-order valence-electron chi connectivity index (χ3n) is 5.98. The third kappa shape index (κ3) is 5.40. The lowest BCUT2D eigenvalue weighted by atomic mass is 9.72. The molecule has 3 unspecified atom stereocenters. The molecule has 0 nitrogen and oxygen atoms in total. The lowest BCUT2D eigenvalue weighted by Crippen LogP contribution is -2.54. The molecule has 0 N–H and O–H groups in total. The first-order valence-electron chi connectivity index (χ1n) is 8.67. The van der Waals surface area contributed by atoms with Gasteiger partial charge in [-0.25, -0.2) is 0 Å². The quantitative estimate of drug-likeness (QED) is 0.244. The Morgan fingerprint density at radius 2 is 0.923 bits per heavy atom. The second-order valence-electron chi connectivity index (χ2n) is 7.83. The summed E-state index contributed by atoms with van der Waals surface area (Å²) in [7, 11) is 0. The maximum absolute atomic E-state index is 6.80. The average molecular weight is 529 g/mol. The van der Waals surface area contributed by atoms with Crippen LogP contribution in [0, 0.1) is 6.92 Å². The Kier molecular flexibility index (Phi) is 8.65. The van der Waals surface area contributed by atoms with Crippen molar-refractivity contribution in [1.29, 1.82) is 0 Å². The average Bonchev–Trinajstić information content (AvgIpc) is 2.46. The smallest absolute Gasteiger partial charge is 0.146 e. The molecule has 0 aliphatic rings. The predicted octanol–water partition coefficient (Wildman–Crippen LogP) is 9.05. The van der Waals surface area contributed by atoms with Gasteiger partial charge in [-0.3, -0.25) is 0 Å². The number of hydrogen-bond acceptors (Lipinski definition) is 0. The lowest BCUT2D eigenvalue weighted by molar-refractivity contribution is 0.369. The molecule has 1 rings (SSSR count). The van der Waals surface area contributed by atoms with Gasteiger partial charge in [0.25, 0.3) is 20.1 Å². The molecule has 3 atom stereocenters. The van der Waals surface area contributed by atoms with Crippen molar-refractivity contribution in [1.82, 2.24) is 0 Å². The van der Waals surface area contributed by atoms with Crippen LogP contribution in [0.4, 0.5) is 0 Å². The van der Waals surface area contributed by atoms with Gasteiger partial charge in [0.1, 0.15) is 0 Å². The fraction of sp³-hybridized carbons (Fsp3) is 0.647. The standard InChI is InChI=1S/C17H28Cl6Si3/c1-12-8-10-16(11-9-12)17(13(2)24(5,18)19,14(3)25(6,20)21)15(4)26(7,22)23/h8-11,13-15H,1-7H3. The SMILES string of the molecule is Cc1ccc(C(C(C)[Si](C)(Cl)Cl)(C(C)[Si](C)(Cl)Cl)C(C)[Si](C)(Cl)Cl)cc1. The van der Waals surface area contributed by atoms with Crippen LogP contribution in [0.3, 0.4) is 0 Å². The summed E-state index contributed by atoms with van der Waals surface area (Å²) in [5.41, 5.74) is 1.68. The summed E-state index contributed by atoms with van der Waals surface area (Å²) in [4.78, 5) is 0. The molecular formula is C17H28Cl6Si3. The molecule has 0 saturated carbocycles. The summed E-state index contributed by atoms with van der Waals surface area (Å²) in [6, 6.07) is 8.46. The van der Waals surface area contributed by atoms with Gasteiger partial charge in [-0.2, -0.15) is 0 Å². The molecule has 0 aromatic heterocycles. The topological polar surface area (TPSA) is 0 Å². The molecule has 0 aliphatic heterocycles. The second-order valence-corrected chi connectivity index (χ2v) is 32.0. The van der Waals surface area contributed by atoms with E-state index in [9.17, 15) is 0 Å². The number of benzene rings is 1. The summed E-state index contributed by atoms with van der Waals surface area (Å²) < 4.78 is 0. The first kappa shape index (κ1) is 25.6. The zero-order chi connectivity index (χ0) is 20.7. The van der Waals surface area contributed by atoms with E-state index < -0.39 is 25.5 Å². The molecule has 0 fully saturated rings. The predicted molar refractivity (Wildman–Crippen MR) is 131 cm³/mol. The van der Waals surface area contributed by atoms with Gasteiger partial charge in [-0.1, -0.05) is 50.6 Å². The first-order valence-corrected chi connectivity index (χ1v) is 22.5. The van der Waals surface area contributed by atoms with E-state index >= 15 is 0 Å². The van der Waals surface area contributed by atoms with E-state index in [1.165, 1.54) is 5.56 Å². The van der Waals surface area contributed by atoms with Gasteiger partial charge in [0.15, 0.2) is 0 Å². The summed E-state index contributed by atoms with van der Waals surface area (Å²) in [6.45, 7) is 6.39. The Hall–Kier alpha value is 1.61. The minimum atomic E-state index is -2.62. The van der Waals surface area contributed by atoms with Crippen molar-refractivity contribution in [2.24, 2.45) is 0 Å². The summed E-state index contributed by atoms with van der Waals surface area (Å²) in [5, 5.41) is 0. The molecule has 0 bridgehead atoms.